The number of rotatable bonds is 5. The Morgan fingerprint density at radius 1 is 1.20 bits per heavy atom. The number of thioether (sulfide) groups is 1. The number of benzene rings is 1. The molecule has 0 radical (unpaired) electrons. The van der Waals surface area contributed by atoms with E-state index in [9.17, 15) is 4.79 Å². The molecule has 0 spiro atoms. The Balaban J connectivity index is 0.00000156. The number of hydrogen-bond donors (Lipinski definition) is 2. The largest absolute Gasteiger partial charge is 0.382 e. The van der Waals surface area contributed by atoms with E-state index in [0.29, 0.717) is 12.0 Å². The normalized spacial score (nSPS) is 24.0. The van der Waals surface area contributed by atoms with Crippen LogP contribution in [-0.2, 0) is 4.79 Å². The number of amides is 1. The van der Waals surface area contributed by atoms with Crippen molar-refractivity contribution in [2.24, 2.45) is 11.7 Å². The molecule has 4 nitrogen and oxygen atoms in total. The van der Waals surface area contributed by atoms with Crippen LogP contribution in [0, 0.1) is 5.92 Å². The van der Waals surface area contributed by atoms with Crippen molar-refractivity contribution in [3.63, 3.8) is 0 Å². The molecule has 1 saturated carbocycles. The van der Waals surface area contributed by atoms with Gasteiger partial charge < -0.3 is 16.0 Å². The average Bonchev–Trinajstić information content (AvgIpc) is 3.11. The Kier molecular flexibility index (Phi) is 10.0. The maximum absolute atomic E-state index is 12.3. The van der Waals surface area contributed by atoms with Crippen LogP contribution in [0.25, 0.3) is 0 Å². The third-order valence-corrected chi connectivity index (χ3v) is 5.93. The molecule has 1 unspecified atom stereocenters. The molecule has 0 bridgehead atoms. The lowest BCUT2D eigenvalue weighted by atomic mass is 9.82. The summed E-state index contributed by atoms with van der Waals surface area (Å²) in [6.07, 6.45) is 5.51. The molecule has 1 saturated heterocycles. The first-order chi connectivity index (χ1) is 11.2. The van der Waals surface area contributed by atoms with Gasteiger partial charge >= 0.3 is 0 Å². The summed E-state index contributed by atoms with van der Waals surface area (Å²) in [4.78, 5) is 14.2. The lowest BCUT2D eigenvalue weighted by Crippen LogP contribution is -2.43. The Bertz CT molecular complexity index is 506. The van der Waals surface area contributed by atoms with E-state index in [1.807, 2.05) is 22.7 Å². The highest BCUT2D eigenvalue weighted by Gasteiger charge is 2.28. The van der Waals surface area contributed by atoms with Gasteiger partial charge in [0.25, 0.3) is 0 Å². The highest BCUT2D eigenvalue weighted by Crippen LogP contribution is 2.30. The number of para-hydroxylation sites is 1. The topological polar surface area (TPSA) is 58.4 Å². The SMILES string of the molecule is Cl.Cl.NC(CC1CCC(Nc2ccccc2)CC1)C(=O)N1CCSC1. The monoisotopic (exact) mass is 405 g/mol. The van der Waals surface area contributed by atoms with Crippen molar-refractivity contribution in [3.05, 3.63) is 30.3 Å². The first-order valence-corrected chi connectivity index (χ1v) is 9.81. The average molecular weight is 406 g/mol. The van der Waals surface area contributed by atoms with Gasteiger partial charge in [0.1, 0.15) is 0 Å². The van der Waals surface area contributed by atoms with E-state index in [4.69, 9.17) is 5.73 Å². The minimum absolute atomic E-state index is 0. The molecule has 0 aromatic heterocycles. The van der Waals surface area contributed by atoms with Gasteiger partial charge in [-0.25, -0.2) is 0 Å². The molecule has 1 amide bonds. The molecule has 2 aliphatic rings. The van der Waals surface area contributed by atoms with Crippen LogP contribution >= 0.6 is 36.6 Å². The van der Waals surface area contributed by atoms with Gasteiger partial charge in [-0.05, 0) is 50.2 Å². The van der Waals surface area contributed by atoms with Crippen LogP contribution in [0.1, 0.15) is 32.1 Å². The van der Waals surface area contributed by atoms with Crippen LogP contribution in [0.15, 0.2) is 30.3 Å². The smallest absolute Gasteiger partial charge is 0.240 e. The summed E-state index contributed by atoms with van der Waals surface area (Å²) in [5, 5.41) is 3.61. The Morgan fingerprint density at radius 3 is 2.48 bits per heavy atom. The number of nitrogens with zero attached hydrogens (tertiary/aromatic N) is 1. The van der Waals surface area contributed by atoms with Crippen LogP contribution < -0.4 is 11.1 Å². The molecule has 25 heavy (non-hydrogen) atoms. The number of anilines is 1. The summed E-state index contributed by atoms with van der Waals surface area (Å²) in [5.41, 5.74) is 7.37. The molecule has 1 aromatic carbocycles. The fraction of sp³-hybridized carbons (Fsp3) is 0.611. The lowest BCUT2D eigenvalue weighted by molar-refractivity contribution is -0.131. The number of nitrogens with two attached hydrogens (primary N) is 1. The number of hydrogen-bond acceptors (Lipinski definition) is 4. The van der Waals surface area contributed by atoms with Crippen LogP contribution in [-0.4, -0.2) is 41.1 Å². The Hall–Kier alpha value is -0.620. The molecule has 1 aliphatic heterocycles. The summed E-state index contributed by atoms with van der Waals surface area (Å²) in [7, 11) is 0. The number of carbonyl (C=O) groups is 1. The Labute approximate surface area is 167 Å². The fourth-order valence-electron chi connectivity index (χ4n) is 3.59. The standard InChI is InChI=1S/C18H27N3OS.2ClH/c19-17(18(22)21-10-11-23-13-21)12-14-6-8-16(9-7-14)20-15-4-2-1-3-5-15;;/h1-5,14,16-17,20H,6-13,19H2;2*1H. The maximum Gasteiger partial charge on any atom is 0.240 e. The molecule has 3 N–H and O–H groups in total. The van der Waals surface area contributed by atoms with E-state index in [2.05, 4.69) is 29.6 Å². The van der Waals surface area contributed by atoms with Gasteiger partial charge in [0.05, 0.1) is 11.9 Å². The second kappa shape index (κ2) is 11.2. The lowest BCUT2D eigenvalue weighted by Gasteiger charge is -2.31. The third-order valence-electron chi connectivity index (χ3n) is 4.96. The van der Waals surface area contributed by atoms with Crippen molar-refractivity contribution < 1.29 is 4.79 Å². The van der Waals surface area contributed by atoms with Crippen LogP contribution in [0.2, 0.25) is 0 Å². The highest BCUT2D eigenvalue weighted by atomic mass is 35.5. The fourth-order valence-corrected chi connectivity index (χ4v) is 4.55. The molecular formula is C18H29Cl2N3OS. The first kappa shape index (κ1) is 22.4. The van der Waals surface area contributed by atoms with Crippen molar-refractivity contribution in [2.75, 3.05) is 23.5 Å². The zero-order valence-corrected chi connectivity index (χ0v) is 16.9. The van der Waals surface area contributed by atoms with E-state index in [1.165, 1.54) is 31.4 Å². The van der Waals surface area contributed by atoms with Gasteiger partial charge in [-0.15, -0.1) is 36.6 Å². The van der Waals surface area contributed by atoms with E-state index in [0.717, 1.165) is 24.6 Å². The Morgan fingerprint density at radius 2 is 1.88 bits per heavy atom. The molecule has 1 aliphatic carbocycles. The van der Waals surface area contributed by atoms with E-state index in [-0.39, 0.29) is 36.8 Å². The second-order valence-corrected chi connectivity index (χ2v) is 7.78. The minimum Gasteiger partial charge on any atom is -0.382 e. The van der Waals surface area contributed by atoms with Crippen molar-refractivity contribution in [3.8, 4) is 0 Å². The molecule has 142 valence electrons. The molecule has 3 rings (SSSR count). The van der Waals surface area contributed by atoms with Gasteiger partial charge in [0.15, 0.2) is 0 Å². The number of nitrogens with one attached hydrogen (secondary N) is 1. The van der Waals surface area contributed by atoms with E-state index >= 15 is 0 Å². The van der Waals surface area contributed by atoms with Gasteiger partial charge in [-0.3, -0.25) is 4.79 Å². The summed E-state index contributed by atoms with van der Waals surface area (Å²) < 4.78 is 0. The molecule has 1 atom stereocenters. The predicted molar refractivity (Wildman–Crippen MR) is 112 cm³/mol. The molecular weight excluding hydrogens is 377 g/mol. The predicted octanol–water partition coefficient (Wildman–Crippen LogP) is 3.75. The highest BCUT2D eigenvalue weighted by molar-refractivity contribution is 7.99. The minimum atomic E-state index is -0.308. The third kappa shape index (κ3) is 6.55. The summed E-state index contributed by atoms with van der Waals surface area (Å²) >= 11 is 1.82. The van der Waals surface area contributed by atoms with Gasteiger partial charge in [0, 0.05) is 24.0 Å². The quantitative estimate of drug-likeness (QED) is 0.782. The van der Waals surface area contributed by atoms with Crippen LogP contribution in [0.4, 0.5) is 5.69 Å². The second-order valence-electron chi connectivity index (χ2n) is 6.71. The van der Waals surface area contributed by atoms with Crippen molar-refractivity contribution in [1.82, 2.24) is 4.90 Å². The van der Waals surface area contributed by atoms with Gasteiger partial charge in [-0.1, -0.05) is 18.2 Å². The van der Waals surface area contributed by atoms with E-state index < -0.39 is 0 Å². The van der Waals surface area contributed by atoms with Gasteiger partial charge in [0.2, 0.25) is 5.91 Å². The molecule has 1 aromatic rings. The number of halogens is 2. The zero-order valence-electron chi connectivity index (χ0n) is 14.4. The summed E-state index contributed by atoms with van der Waals surface area (Å²) in [6, 6.07) is 10.7. The molecule has 1 heterocycles. The van der Waals surface area contributed by atoms with E-state index in [1.54, 1.807) is 0 Å². The van der Waals surface area contributed by atoms with Crippen molar-refractivity contribution >= 4 is 48.2 Å². The van der Waals surface area contributed by atoms with Crippen LogP contribution in [0.5, 0.6) is 0 Å². The zero-order chi connectivity index (χ0) is 16.1. The van der Waals surface area contributed by atoms with Crippen molar-refractivity contribution in [1.29, 1.82) is 0 Å². The molecule has 7 heteroatoms. The van der Waals surface area contributed by atoms with Crippen LogP contribution in [0.3, 0.4) is 0 Å². The van der Waals surface area contributed by atoms with Gasteiger partial charge in [-0.2, -0.15) is 0 Å². The number of carbonyl (C=O) groups excluding carboxylic acids is 1. The summed E-state index contributed by atoms with van der Waals surface area (Å²) in [6.45, 7) is 0.866. The summed E-state index contributed by atoms with van der Waals surface area (Å²) in [5.74, 6) is 2.62. The first-order valence-electron chi connectivity index (χ1n) is 8.66. The van der Waals surface area contributed by atoms with Crippen molar-refractivity contribution in [2.45, 2.75) is 44.2 Å². The molecule has 2 fully saturated rings. The maximum atomic E-state index is 12.3.